The second-order valence-electron chi connectivity index (χ2n) is 5.67. The molecule has 0 fully saturated rings. The molecule has 1 aliphatic rings. The highest BCUT2D eigenvalue weighted by Gasteiger charge is 2.19. The lowest BCUT2D eigenvalue weighted by Gasteiger charge is -2.26. The standard InChI is InChI=1S/C18H18N4S/c1-2-5-15-13(4-1)8-19-9-14(15)10-21-18-12-20-11-16(22-18)17-6-3-7-23-17/h1-7,11-12,14,19H,8-10H2,(H,21,22). The summed E-state index contributed by atoms with van der Waals surface area (Å²) in [5, 5.41) is 8.99. The first-order chi connectivity index (χ1) is 11.4. The monoisotopic (exact) mass is 322 g/mol. The van der Waals surface area contributed by atoms with E-state index in [1.807, 2.05) is 12.3 Å². The number of nitrogens with one attached hydrogen (secondary N) is 2. The van der Waals surface area contributed by atoms with Gasteiger partial charge in [0.15, 0.2) is 0 Å². The average Bonchev–Trinajstić information content (AvgIpc) is 3.15. The number of benzene rings is 1. The molecule has 0 saturated carbocycles. The molecule has 23 heavy (non-hydrogen) atoms. The molecule has 0 spiro atoms. The minimum atomic E-state index is 0.451. The summed E-state index contributed by atoms with van der Waals surface area (Å²) in [6, 6.07) is 12.8. The first kappa shape index (κ1) is 14.4. The number of rotatable bonds is 4. The van der Waals surface area contributed by atoms with Gasteiger partial charge in [0.2, 0.25) is 0 Å². The SMILES string of the molecule is c1csc(-c2cncc(NCC3CNCc4ccccc43)n2)c1. The van der Waals surface area contributed by atoms with Crippen LogP contribution in [0.2, 0.25) is 0 Å². The third-order valence-electron chi connectivity index (χ3n) is 4.14. The van der Waals surface area contributed by atoms with Gasteiger partial charge in [-0.3, -0.25) is 4.98 Å². The lowest BCUT2D eigenvalue weighted by molar-refractivity contribution is 0.556. The van der Waals surface area contributed by atoms with Gasteiger partial charge in [0, 0.05) is 25.6 Å². The molecule has 0 amide bonds. The van der Waals surface area contributed by atoms with Crippen molar-refractivity contribution in [1.82, 2.24) is 15.3 Å². The van der Waals surface area contributed by atoms with Gasteiger partial charge in [-0.1, -0.05) is 30.3 Å². The summed E-state index contributed by atoms with van der Waals surface area (Å²) in [6.45, 7) is 2.80. The van der Waals surface area contributed by atoms with Crippen LogP contribution in [0, 0.1) is 0 Å². The molecule has 0 aliphatic carbocycles. The molecule has 1 unspecified atom stereocenters. The van der Waals surface area contributed by atoms with Gasteiger partial charge in [-0.05, 0) is 22.6 Å². The molecule has 2 aromatic heterocycles. The smallest absolute Gasteiger partial charge is 0.145 e. The van der Waals surface area contributed by atoms with Crippen molar-refractivity contribution in [2.24, 2.45) is 0 Å². The number of hydrogen-bond acceptors (Lipinski definition) is 5. The van der Waals surface area contributed by atoms with E-state index in [-0.39, 0.29) is 0 Å². The van der Waals surface area contributed by atoms with Gasteiger partial charge in [-0.2, -0.15) is 0 Å². The Kier molecular flexibility index (Phi) is 4.05. The molecular weight excluding hydrogens is 304 g/mol. The van der Waals surface area contributed by atoms with Crippen molar-refractivity contribution in [3.63, 3.8) is 0 Å². The van der Waals surface area contributed by atoms with Crippen LogP contribution in [-0.4, -0.2) is 23.1 Å². The van der Waals surface area contributed by atoms with E-state index in [1.54, 1.807) is 17.5 Å². The topological polar surface area (TPSA) is 49.8 Å². The zero-order chi connectivity index (χ0) is 15.5. The normalized spacial score (nSPS) is 16.8. The fourth-order valence-corrected chi connectivity index (χ4v) is 3.67. The van der Waals surface area contributed by atoms with E-state index >= 15 is 0 Å². The van der Waals surface area contributed by atoms with Crippen molar-refractivity contribution in [3.05, 3.63) is 65.3 Å². The Morgan fingerprint density at radius 2 is 2.13 bits per heavy atom. The first-order valence-corrected chi connectivity index (χ1v) is 8.66. The molecule has 4 nitrogen and oxygen atoms in total. The second kappa shape index (κ2) is 6.48. The molecule has 5 heteroatoms. The number of nitrogens with zero attached hydrogens (tertiary/aromatic N) is 2. The maximum atomic E-state index is 4.67. The number of fused-ring (bicyclic) bond motifs is 1. The van der Waals surface area contributed by atoms with Crippen molar-refractivity contribution in [2.45, 2.75) is 12.5 Å². The highest BCUT2D eigenvalue weighted by Crippen LogP contribution is 2.25. The van der Waals surface area contributed by atoms with E-state index in [2.05, 4.69) is 56.3 Å². The Bertz CT molecular complexity index is 785. The van der Waals surface area contributed by atoms with E-state index in [9.17, 15) is 0 Å². The van der Waals surface area contributed by atoms with Crippen LogP contribution < -0.4 is 10.6 Å². The van der Waals surface area contributed by atoms with Gasteiger partial charge in [0.1, 0.15) is 11.5 Å². The summed E-state index contributed by atoms with van der Waals surface area (Å²) in [6.07, 6.45) is 3.60. The summed E-state index contributed by atoms with van der Waals surface area (Å²) in [5.41, 5.74) is 3.75. The molecule has 0 saturated heterocycles. The predicted molar refractivity (Wildman–Crippen MR) is 94.7 cm³/mol. The van der Waals surface area contributed by atoms with Crippen molar-refractivity contribution >= 4 is 17.2 Å². The summed E-state index contributed by atoms with van der Waals surface area (Å²) >= 11 is 1.68. The van der Waals surface area contributed by atoms with Gasteiger partial charge in [0.25, 0.3) is 0 Å². The molecule has 3 heterocycles. The van der Waals surface area contributed by atoms with Gasteiger partial charge < -0.3 is 10.6 Å². The van der Waals surface area contributed by atoms with Crippen LogP contribution >= 0.6 is 11.3 Å². The van der Waals surface area contributed by atoms with Crippen molar-refractivity contribution < 1.29 is 0 Å². The molecule has 1 aliphatic heterocycles. The van der Waals surface area contributed by atoms with Gasteiger partial charge in [-0.25, -0.2) is 4.98 Å². The van der Waals surface area contributed by atoms with Crippen molar-refractivity contribution in [1.29, 1.82) is 0 Å². The third-order valence-corrected chi connectivity index (χ3v) is 5.03. The van der Waals surface area contributed by atoms with Crippen molar-refractivity contribution in [2.75, 3.05) is 18.4 Å². The molecule has 116 valence electrons. The number of anilines is 1. The van der Waals surface area contributed by atoms with Crippen molar-refractivity contribution in [3.8, 4) is 10.6 Å². The summed E-state index contributed by atoms with van der Waals surface area (Å²) < 4.78 is 0. The lowest BCUT2D eigenvalue weighted by Crippen LogP contribution is -2.32. The Morgan fingerprint density at radius 1 is 1.17 bits per heavy atom. The van der Waals surface area contributed by atoms with Crippen LogP contribution in [0.4, 0.5) is 5.82 Å². The van der Waals surface area contributed by atoms with Crippen LogP contribution in [-0.2, 0) is 6.54 Å². The van der Waals surface area contributed by atoms with E-state index in [1.165, 1.54) is 11.1 Å². The maximum absolute atomic E-state index is 4.67. The van der Waals surface area contributed by atoms with E-state index in [0.717, 1.165) is 36.0 Å². The average molecular weight is 322 g/mol. The Hall–Kier alpha value is -2.24. The molecule has 4 rings (SSSR count). The Labute approximate surface area is 139 Å². The first-order valence-electron chi connectivity index (χ1n) is 7.78. The van der Waals surface area contributed by atoms with E-state index in [4.69, 9.17) is 0 Å². The minimum absolute atomic E-state index is 0.451. The lowest BCUT2D eigenvalue weighted by atomic mass is 9.91. The van der Waals surface area contributed by atoms with Gasteiger partial charge in [-0.15, -0.1) is 11.3 Å². The van der Waals surface area contributed by atoms with Crippen LogP contribution in [0.1, 0.15) is 17.0 Å². The minimum Gasteiger partial charge on any atom is -0.368 e. The number of aromatic nitrogens is 2. The van der Waals surface area contributed by atoms with Gasteiger partial charge in [0.05, 0.1) is 17.3 Å². The fraction of sp³-hybridized carbons (Fsp3) is 0.222. The number of thiophene rings is 1. The largest absolute Gasteiger partial charge is 0.368 e. The zero-order valence-electron chi connectivity index (χ0n) is 12.7. The van der Waals surface area contributed by atoms with Gasteiger partial charge >= 0.3 is 0 Å². The summed E-state index contributed by atoms with van der Waals surface area (Å²) in [4.78, 5) is 10.1. The van der Waals surface area contributed by atoms with Crippen LogP contribution in [0.3, 0.4) is 0 Å². The third kappa shape index (κ3) is 3.11. The van der Waals surface area contributed by atoms with Crippen LogP contribution in [0.5, 0.6) is 0 Å². The predicted octanol–water partition coefficient (Wildman–Crippen LogP) is 3.50. The van der Waals surface area contributed by atoms with E-state index in [0.29, 0.717) is 5.92 Å². The highest BCUT2D eigenvalue weighted by atomic mass is 32.1. The molecule has 1 atom stereocenters. The van der Waals surface area contributed by atoms with Crippen LogP contribution in [0.15, 0.2) is 54.2 Å². The second-order valence-corrected chi connectivity index (χ2v) is 6.62. The van der Waals surface area contributed by atoms with Crippen LogP contribution in [0.25, 0.3) is 10.6 Å². The molecular formula is C18H18N4S. The zero-order valence-corrected chi connectivity index (χ0v) is 13.5. The highest BCUT2D eigenvalue weighted by molar-refractivity contribution is 7.13. The fourth-order valence-electron chi connectivity index (χ4n) is 2.99. The molecule has 1 aromatic carbocycles. The summed E-state index contributed by atoms with van der Waals surface area (Å²) in [7, 11) is 0. The van der Waals surface area contributed by atoms with E-state index < -0.39 is 0 Å². The molecule has 0 radical (unpaired) electrons. The Balaban J connectivity index is 1.49. The molecule has 3 aromatic rings. The Morgan fingerprint density at radius 3 is 3.04 bits per heavy atom. The molecule has 2 N–H and O–H groups in total. The summed E-state index contributed by atoms with van der Waals surface area (Å²) in [5.74, 6) is 1.28. The number of hydrogen-bond donors (Lipinski definition) is 2. The quantitative estimate of drug-likeness (QED) is 0.772. The maximum Gasteiger partial charge on any atom is 0.145 e. The molecule has 0 bridgehead atoms.